The van der Waals surface area contributed by atoms with Crippen LogP contribution < -0.4 is 56.5 Å². The summed E-state index contributed by atoms with van der Waals surface area (Å²) in [6, 6.07) is 6.92. The van der Waals surface area contributed by atoms with Gasteiger partial charge in [-0.1, -0.05) is 31.2 Å². The summed E-state index contributed by atoms with van der Waals surface area (Å²) in [5.41, 5.74) is 1.22. The van der Waals surface area contributed by atoms with E-state index in [0.29, 0.717) is 0 Å². The Morgan fingerprint density at radius 3 is 2.10 bits per heavy atom. The molecule has 0 heterocycles. The molecule has 1 aromatic carbocycles. The van der Waals surface area contributed by atoms with Gasteiger partial charge in [-0.2, -0.15) is 0 Å². The summed E-state index contributed by atoms with van der Waals surface area (Å²) in [7, 11) is 0. The SMILES string of the molecule is CCc1ccc([O-])cc1.[K+]. The third-order valence-electron chi connectivity index (χ3n) is 1.33. The predicted molar refractivity (Wildman–Crippen MR) is 35.3 cm³/mol. The minimum absolute atomic E-state index is 0. The van der Waals surface area contributed by atoms with Crippen LogP contribution in [0.15, 0.2) is 24.3 Å². The molecular weight excluding hydrogens is 151 g/mol. The fourth-order valence-corrected chi connectivity index (χ4v) is 0.725. The summed E-state index contributed by atoms with van der Waals surface area (Å²) in [6.45, 7) is 2.07. The second-order valence-electron chi connectivity index (χ2n) is 2.00. The maximum absolute atomic E-state index is 10.5. The van der Waals surface area contributed by atoms with E-state index in [1.807, 2.05) is 12.1 Å². The smallest absolute Gasteiger partial charge is 0.872 e. The molecule has 10 heavy (non-hydrogen) atoms. The summed E-state index contributed by atoms with van der Waals surface area (Å²) < 4.78 is 0. The van der Waals surface area contributed by atoms with Crippen molar-refractivity contribution in [1.82, 2.24) is 0 Å². The monoisotopic (exact) mass is 160 g/mol. The van der Waals surface area contributed by atoms with Crippen LogP contribution in [0.3, 0.4) is 0 Å². The Morgan fingerprint density at radius 2 is 1.70 bits per heavy atom. The van der Waals surface area contributed by atoms with Crippen LogP contribution in [0.5, 0.6) is 5.75 Å². The second-order valence-corrected chi connectivity index (χ2v) is 2.00. The summed E-state index contributed by atoms with van der Waals surface area (Å²) in [5.74, 6) is 0.0900. The normalized spacial score (nSPS) is 8.50. The molecule has 0 bridgehead atoms. The van der Waals surface area contributed by atoms with Crippen molar-refractivity contribution in [2.45, 2.75) is 13.3 Å². The topological polar surface area (TPSA) is 23.1 Å². The summed E-state index contributed by atoms with van der Waals surface area (Å²) in [4.78, 5) is 0. The van der Waals surface area contributed by atoms with Crippen molar-refractivity contribution in [2.24, 2.45) is 0 Å². The Kier molecular flexibility index (Phi) is 5.68. The van der Waals surface area contributed by atoms with Gasteiger partial charge in [0.15, 0.2) is 0 Å². The van der Waals surface area contributed by atoms with Crippen molar-refractivity contribution in [3.8, 4) is 5.75 Å². The van der Waals surface area contributed by atoms with Gasteiger partial charge < -0.3 is 5.11 Å². The molecule has 1 nitrogen and oxygen atoms in total. The molecule has 0 spiro atoms. The van der Waals surface area contributed by atoms with Crippen molar-refractivity contribution in [3.63, 3.8) is 0 Å². The fourth-order valence-electron chi connectivity index (χ4n) is 0.725. The maximum atomic E-state index is 10.5. The first-order chi connectivity index (χ1) is 4.33. The minimum Gasteiger partial charge on any atom is -0.872 e. The quantitative estimate of drug-likeness (QED) is 0.450. The molecule has 0 amide bonds. The van der Waals surface area contributed by atoms with Crippen molar-refractivity contribution in [2.75, 3.05) is 0 Å². The Morgan fingerprint density at radius 1 is 1.20 bits per heavy atom. The summed E-state index contributed by atoms with van der Waals surface area (Å²) in [6.07, 6.45) is 1.00. The zero-order chi connectivity index (χ0) is 6.69. The third-order valence-corrected chi connectivity index (χ3v) is 1.33. The Labute approximate surface area is 104 Å². The van der Waals surface area contributed by atoms with Gasteiger partial charge >= 0.3 is 51.4 Å². The van der Waals surface area contributed by atoms with Crippen LogP contribution in [0, 0.1) is 0 Å². The van der Waals surface area contributed by atoms with E-state index >= 15 is 0 Å². The average molecular weight is 160 g/mol. The first-order valence-electron chi connectivity index (χ1n) is 3.09. The number of hydrogen-bond acceptors (Lipinski definition) is 1. The van der Waals surface area contributed by atoms with Crippen LogP contribution in [0.25, 0.3) is 0 Å². The van der Waals surface area contributed by atoms with Crippen LogP contribution in [-0.4, -0.2) is 0 Å². The van der Waals surface area contributed by atoms with Crippen LogP contribution in [-0.2, 0) is 6.42 Å². The Bertz CT molecular complexity index is 181. The Hall–Kier alpha value is 0.656. The number of hydrogen-bond donors (Lipinski definition) is 0. The van der Waals surface area contributed by atoms with Crippen molar-refractivity contribution >= 4 is 0 Å². The van der Waals surface area contributed by atoms with Crippen LogP contribution >= 0.6 is 0 Å². The fraction of sp³-hybridized carbons (Fsp3) is 0.250. The predicted octanol–water partition coefficient (Wildman–Crippen LogP) is -1.67. The first-order valence-corrected chi connectivity index (χ1v) is 3.09. The molecular formula is C8H9KO. The average Bonchev–Trinajstić information content (AvgIpc) is 1.90. The van der Waals surface area contributed by atoms with Gasteiger partial charge in [-0.15, -0.1) is 5.75 Å². The van der Waals surface area contributed by atoms with Gasteiger partial charge in [0.25, 0.3) is 0 Å². The van der Waals surface area contributed by atoms with Crippen LogP contribution in [0.1, 0.15) is 12.5 Å². The molecule has 0 aromatic heterocycles. The van der Waals surface area contributed by atoms with Gasteiger partial charge in [-0.05, 0) is 12.0 Å². The number of aryl methyl sites for hydroxylation is 1. The maximum Gasteiger partial charge on any atom is 1.00 e. The molecule has 2 heteroatoms. The van der Waals surface area contributed by atoms with E-state index in [1.54, 1.807) is 12.1 Å². The molecule has 0 unspecified atom stereocenters. The van der Waals surface area contributed by atoms with E-state index in [9.17, 15) is 5.11 Å². The second kappa shape index (κ2) is 5.33. The van der Waals surface area contributed by atoms with E-state index in [2.05, 4.69) is 6.92 Å². The zero-order valence-electron chi connectivity index (χ0n) is 6.42. The molecule has 1 rings (SSSR count). The molecule has 1 aromatic rings. The molecule has 0 saturated heterocycles. The van der Waals surface area contributed by atoms with E-state index in [1.165, 1.54) is 5.56 Å². The molecule has 0 aliphatic rings. The van der Waals surface area contributed by atoms with Crippen LogP contribution in [0.4, 0.5) is 0 Å². The molecule has 0 radical (unpaired) electrons. The summed E-state index contributed by atoms with van der Waals surface area (Å²) in [5, 5.41) is 10.5. The van der Waals surface area contributed by atoms with Gasteiger partial charge in [-0.25, -0.2) is 0 Å². The molecule has 0 aliphatic carbocycles. The molecule has 0 aliphatic heterocycles. The van der Waals surface area contributed by atoms with Crippen molar-refractivity contribution in [1.29, 1.82) is 0 Å². The zero-order valence-corrected chi connectivity index (χ0v) is 9.55. The number of benzene rings is 1. The van der Waals surface area contributed by atoms with Crippen molar-refractivity contribution < 1.29 is 56.5 Å². The molecule has 0 fully saturated rings. The van der Waals surface area contributed by atoms with Gasteiger partial charge in [0, 0.05) is 0 Å². The van der Waals surface area contributed by atoms with E-state index in [4.69, 9.17) is 0 Å². The van der Waals surface area contributed by atoms with Gasteiger partial charge in [0.05, 0.1) is 0 Å². The van der Waals surface area contributed by atoms with E-state index in [0.717, 1.165) is 6.42 Å². The number of rotatable bonds is 1. The largest absolute Gasteiger partial charge is 1.00 e. The molecule has 0 saturated carbocycles. The minimum atomic E-state index is 0. The van der Waals surface area contributed by atoms with Crippen molar-refractivity contribution in [3.05, 3.63) is 29.8 Å². The van der Waals surface area contributed by atoms with Gasteiger partial charge in [0.2, 0.25) is 0 Å². The van der Waals surface area contributed by atoms with E-state index in [-0.39, 0.29) is 57.1 Å². The standard InChI is InChI=1S/C8H10O.K/c1-2-7-3-5-8(9)6-4-7;/h3-6,9H,2H2,1H3;/q;+1/p-1. The van der Waals surface area contributed by atoms with Gasteiger partial charge in [0.1, 0.15) is 0 Å². The van der Waals surface area contributed by atoms with Gasteiger partial charge in [-0.3, -0.25) is 0 Å². The van der Waals surface area contributed by atoms with E-state index < -0.39 is 0 Å². The Balaban J connectivity index is 0.000000810. The first kappa shape index (κ1) is 10.7. The van der Waals surface area contributed by atoms with Crippen LogP contribution in [0.2, 0.25) is 0 Å². The molecule has 0 atom stereocenters. The third kappa shape index (κ3) is 3.17. The molecule has 48 valence electrons. The summed E-state index contributed by atoms with van der Waals surface area (Å²) >= 11 is 0. The molecule has 0 N–H and O–H groups in total.